The molecule has 0 saturated carbocycles. The molecule has 0 spiro atoms. The normalized spacial score (nSPS) is 9.84. The minimum absolute atomic E-state index is 0.00565. The Morgan fingerprint density at radius 1 is 1.08 bits per heavy atom. The topological polar surface area (TPSA) is 79.5 Å². The number of nitrogens with one attached hydrogen (secondary N) is 3. The Labute approximate surface area is 164 Å². The first-order valence-corrected chi connectivity index (χ1v) is 8.79. The number of carbonyl (C=O) groups excluding carboxylic acids is 2. The molecule has 0 aliphatic carbocycles. The van der Waals surface area contributed by atoms with Gasteiger partial charge in [-0.25, -0.2) is 0 Å². The highest BCUT2D eigenvalue weighted by atomic mass is 127. The number of benzene rings is 2. The Hall–Kier alpha value is -2.20. The van der Waals surface area contributed by atoms with E-state index < -0.39 is 5.91 Å². The first-order valence-electron chi connectivity index (χ1n) is 7.30. The van der Waals surface area contributed by atoms with Crippen molar-refractivity contribution in [3.05, 3.63) is 63.2 Å². The average Bonchev–Trinajstić information content (AvgIpc) is 2.59. The van der Waals surface area contributed by atoms with Crippen molar-refractivity contribution in [3.63, 3.8) is 0 Å². The Balaban J connectivity index is 1.76. The lowest BCUT2D eigenvalue weighted by Gasteiger charge is -2.12. The number of hydrogen-bond donors (Lipinski definition) is 3. The first-order chi connectivity index (χ1) is 12.0. The second-order valence-electron chi connectivity index (χ2n) is 4.99. The van der Waals surface area contributed by atoms with Crippen LogP contribution in [-0.2, 0) is 4.79 Å². The molecule has 8 heteroatoms. The number of hydrazine groups is 1. The summed E-state index contributed by atoms with van der Waals surface area (Å²) in [6, 6.07) is 14.5. The maximum atomic E-state index is 12.1. The molecule has 0 aromatic heterocycles. The van der Waals surface area contributed by atoms with Gasteiger partial charge in [-0.15, -0.1) is 0 Å². The van der Waals surface area contributed by atoms with Crippen LogP contribution in [0.3, 0.4) is 0 Å². The smallest absolute Gasteiger partial charge is 0.276 e. The van der Waals surface area contributed by atoms with Gasteiger partial charge in [-0.05, 0) is 65.5 Å². The molecule has 2 aromatic rings. The maximum Gasteiger partial charge on any atom is 0.276 e. The Morgan fingerprint density at radius 2 is 1.76 bits per heavy atom. The molecule has 0 fully saturated rings. The van der Waals surface area contributed by atoms with Crippen LogP contribution < -0.4 is 20.9 Å². The number of carbonyl (C=O) groups is 2. The second kappa shape index (κ2) is 9.33. The molecule has 6 nitrogen and oxygen atoms in total. The summed E-state index contributed by atoms with van der Waals surface area (Å²) in [7, 11) is 0. The molecule has 0 saturated heterocycles. The van der Waals surface area contributed by atoms with Crippen LogP contribution in [0.5, 0.6) is 5.75 Å². The molecule has 0 atom stereocenters. The van der Waals surface area contributed by atoms with E-state index in [0.29, 0.717) is 11.3 Å². The van der Waals surface area contributed by atoms with Crippen LogP contribution in [-0.4, -0.2) is 23.5 Å². The minimum Gasteiger partial charge on any atom is -0.483 e. The molecule has 0 aliphatic rings. The highest BCUT2D eigenvalue weighted by molar-refractivity contribution is 14.1. The minimum atomic E-state index is -0.422. The molecule has 0 unspecified atom stereocenters. The summed E-state index contributed by atoms with van der Waals surface area (Å²) in [4.78, 5) is 23.9. The third kappa shape index (κ3) is 5.98. The van der Waals surface area contributed by atoms with E-state index in [1.165, 1.54) is 0 Å². The quantitative estimate of drug-likeness (QED) is 0.364. The van der Waals surface area contributed by atoms with Gasteiger partial charge in [0, 0.05) is 3.57 Å². The standard InChI is InChI=1S/C17H16IN3O3S/c1-11-6-2-5-9-14(11)24-10-15(22)20-21-17(25)19-16(23)12-7-3-4-8-13(12)18/h2-9H,10H2,1H3,(H,20,22)(H2,19,21,23,25). The number of para-hydroxylation sites is 1. The number of halogens is 1. The largest absolute Gasteiger partial charge is 0.483 e. The molecule has 25 heavy (non-hydrogen) atoms. The lowest BCUT2D eigenvalue weighted by atomic mass is 10.2. The summed E-state index contributed by atoms with van der Waals surface area (Å²) >= 11 is 7.05. The fraction of sp³-hybridized carbons (Fsp3) is 0.118. The van der Waals surface area contributed by atoms with Crippen LogP contribution in [0.25, 0.3) is 0 Å². The number of rotatable bonds is 4. The van der Waals surface area contributed by atoms with E-state index in [1.54, 1.807) is 18.2 Å². The third-order valence-corrected chi connectivity index (χ3v) is 4.26. The molecule has 0 aliphatic heterocycles. The van der Waals surface area contributed by atoms with Crippen molar-refractivity contribution < 1.29 is 14.3 Å². The maximum absolute atomic E-state index is 12.1. The van der Waals surface area contributed by atoms with E-state index >= 15 is 0 Å². The molecular formula is C17H16IN3O3S. The predicted octanol–water partition coefficient (Wildman–Crippen LogP) is 2.31. The lowest BCUT2D eigenvalue weighted by Crippen LogP contribution is -2.49. The van der Waals surface area contributed by atoms with E-state index in [0.717, 1.165) is 9.13 Å². The summed E-state index contributed by atoms with van der Waals surface area (Å²) in [6.45, 7) is 1.71. The average molecular weight is 469 g/mol. The molecule has 3 N–H and O–H groups in total. The van der Waals surface area contributed by atoms with Crippen molar-refractivity contribution in [1.82, 2.24) is 16.2 Å². The van der Waals surface area contributed by atoms with Crippen LogP contribution in [0.15, 0.2) is 48.5 Å². The highest BCUT2D eigenvalue weighted by Gasteiger charge is 2.11. The van der Waals surface area contributed by atoms with Crippen LogP contribution >= 0.6 is 34.8 Å². The van der Waals surface area contributed by atoms with Crippen LogP contribution in [0, 0.1) is 10.5 Å². The van der Waals surface area contributed by atoms with Crippen molar-refractivity contribution >= 4 is 51.7 Å². The summed E-state index contributed by atoms with van der Waals surface area (Å²) < 4.78 is 6.22. The number of thiocarbonyl (C=S) groups is 1. The summed E-state index contributed by atoms with van der Waals surface area (Å²) in [5.41, 5.74) is 6.28. The first kappa shape index (κ1) is 19.1. The lowest BCUT2D eigenvalue weighted by molar-refractivity contribution is -0.123. The summed E-state index contributed by atoms with van der Waals surface area (Å²) in [6.07, 6.45) is 0. The molecule has 2 rings (SSSR count). The highest BCUT2D eigenvalue weighted by Crippen LogP contribution is 2.15. The SMILES string of the molecule is Cc1ccccc1OCC(=O)NNC(=S)NC(=O)c1ccccc1I. The summed E-state index contributed by atoms with van der Waals surface area (Å²) in [5.74, 6) is -0.144. The van der Waals surface area contributed by atoms with Gasteiger partial charge in [0.05, 0.1) is 5.56 Å². The van der Waals surface area contributed by atoms with Gasteiger partial charge in [0.1, 0.15) is 5.75 Å². The van der Waals surface area contributed by atoms with Gasteiger partial charge in [-0.2, -0.15) is 0 Å². The molecule has 0 heterocycles. The monoisotopic (exact) mass is 469 g/mol. The Kier molecular flexibility index (Phi) is 7.14. The Bertz CT molecular complexity index is 798. The molecule has 2 amide bonds. The van der Waals surface area contributed by atoms with Gasteiger partial charge in [-0.1, -0.05) is 30.3 Å². The van der Waals surface area contributed by atoms with E-state index in [1.807, 2.05) is 37.3 Å². The summed E-state index contributed by atoms with van der Waals surface area (Å²) in [5, 5.41) is 2.49. The molecule has 130 valence electrons. The van der Waals surface area contributed by atoms with Gasteiger partial charge < -0.3 is 4.74 Å². The molecule has 0 bridgehead atoms. The van der Waals surface area contributed by atoms with Crippen LogP contribution in [0.4, 0.5) is 0 Å². The van der Waals surface area contributed by atoms with Crippen molar-refractivity contribution in [2.75, 3.05) is 6.61 Å². The van der Waals surface area contributed by atoms with Gasteiger partial charge in [0.25, 0.3) is 11.8 Å². The third-order valence-electron chi connectivity index (χ3n) is 3.11. The second-order valence-corrected chi connectivity index (χ2v) is 6.56. The fourth-order valence-electron chi connectivity index (χ4n) is 1.87. The number of hydrogen-bond acceptors (Lipinski definition) is 4. The van der Waals surface area contributed by atoms with E-state index in [4.69, 9.17) is 17.0 Å². The number of amides is 2. The Morgan fingerprint density at radius 3 is 2.48 bits per heavy atom. The predicted molar refractivity (Wildman–Crippen MR) is 107 cm³/mol. The fourth-order valence-corrected chi connectivity index (χ4v) is 2.65. The zero-order valence-electron chi connectivity index (χ0n) is 13.3. The van der Waals surface area contributed by atoms with E-state index in [-0.39, 0.29) is 17.6 Å². The molecule has 2 aromatic carbocycles. The van der Waals surface area contributed by atoms with Crippen molar-refractivity contribution in [1.29, 1.82) is 0 Å². The van der Waals surface area contributed by atoms with Gasteiger partial charge in [0.2, 0.25) is 0 Å². The van der Waals surface area contributed by atoms with Gasteiger partial charge in [-0.3, -0.25) is 25.8 Å². The van der Waals surface area contributed by atoms with Gasteiger partial charge >= 0.3 is 0 Å². The zero-order chi connectivity index (χ0) is 18.2. The number of aryl methyl sites for hydroxylation is 1. The van der Waals surface area contributed by atoms with Crippen molar-refractivity contribution in [2.45, 2.75) is 6.92 Å². The van der Waals surface area contributed by atoms with E-state index in [2.05, 4.69) is 38.8 Å². The molecular weight excluding hydrogens is 453 g/mol. The molecule has 0 radical (unpaired) electrons. The van der Waals surface area contributed by atoms with Crippen molar-refractivity contribution in [2.24, 2.45) is 0 Å². The van der Waals surface area contributed by atoms with Crippen molar-refractivity contribution in [3.8, 4) is 5.75 Å². The van der Waals surface area contributed by atoms with E-state index in [9.17, 15) is 9.59 Å². The number of ether oxygens (including phenoxy) is 1. The van der Waals surface area contributed by atoms with Crippen LogP contribution in [0.1, 0.15) is 15.9 Å². The zero-order valence-corrected chi connectivity index (χ0v) is 16.3. The van der Waals surface area contributed by atoms with Gasteiger partial charge in [0.15, 0.2) is 11.7 Å². The van der Waals surface area contributed by atoms with Crippen LogP contribution in [0.2, 0.25) is 0 Å².